The third-order valence-corrected chi connectivity index (χ3v) is 3.74. The summed E-state index contributed by atoms with van der Waals surface area (Å²) in [7, 11) is 1.96. The molecule has 4 heteroatoms. The molecule has 2 aromatic rings. The summed E-state index contributed by atoms with van der Waals surface area (Å²) >= 11 is 0. The molecule has 2 N–H and O–H groups in total. The fourth-order valence-electron chi connectivity index (χ4n) is 2.72. The van der Waals surface area contributed by atoms with Crippen LogP contribution < -0.4 is 5.32 Å². The summed E-state index contributed by atoms with van der Waals surface area (Å²) in [4.78, 5) is 0. The van der Waals surface area contributed by atoms with Crippen molar-refractivity contribution in [2.45, 2.75) is 31.7 Å². The maximum absolute atomic E-state index is 4.16. The number of aryl methyl sites for hydroxylation is 2. The number of rotatable bonds is 4. The molecule has 0 amide bonds. The number of hydrogen-bond acceptors (Lipinski definition) is 3. The van der Waals surface area contributed by atoms with Crippen molar-refractivity contribution in [3.05, 3.63) is 46.8 Å². The number of fused-ring (bicyclic) bond motifs is 1. The van der Waals surface area contributed by atoms with Gasteiger partial charge in [0.25, 0.3) is 0 Å². The molecule has 0 radical (unpaired) electrons. The Morgan fingerprint density at radius 3 is 3.00 bits per heavy atom. The minimum absolute atomic E-state index is 0.225. The van der Waals surface area contributed by atoms with E-state index in [1.165, 1.54) is 36.0 Å². The monoisotopic (exact) mass is 242 g/mol. The lowest BCUT2D eigenvalue weighted by atomic mass is 10.00. The summed E-state index contributed by atoms with van der Waals surface area (Å²) in [5, 5.41) is 14.0. The van der Waals surface area contributed by atoms with Crippen LogP contribution >= 0.6 is 0 Å². The topological polar surface area (TPSA) is 53.6 Å². The number of H-pyrrole nitrogens is 1. The predicted octanol–water partition coefficient (Wildman–Crippen LogP) is 1.80. The van der Waals surface area contributed by atoms with Gasteiger partial charge in [0.05, 0.1) is 17.9 Å². The molecule has 1 aromatic heterocycles. The summed E-state index contributed by atoms with van der Waals surface area (Å²) < 4.78 is 0. The van der Waals surface area contributed by atoms with Gasteiger partial charge in [0, 0.05) is 0 Å². The molecule has 0 saturated carbocycles. The summed E-state index contributed by atoms with van der Waals surface area (Å²) in [6.45, 7) is 0. The van der Waals surface area contributed by atoms with E-state index in [2.05, 4.69) is 38.9 Å². The minimum atomic E-state index is 0.225. The van der Waals surface area contributed by atoms with Crippen molar-refractivity contribution in [2.24, 2.45) is 0 Å². The van der Waals surface area contributed by atoms with Crippen LogP contribution in [0.25, 0.3) is 0 Å². The standard InChI is InChI=1S/C14H18N4/c1-15-13(14-9-16-18-17-14)8-10-5-6-11-3-2-4-12(11)7-10/h5-7,9,13,15H,2-4,8H2,1H3,(H,16,17,18). The Bertz CT molecular complexity index is 519. The Hall–Kier alpha value is -1.68. The second-order valence-corrected chi connectivity index (χ2v) is 4.90. The first-order chi connectivity index (χ1) is 8.86. The highest BCUT2D eigenvalue weighted by molar-refractivity contribution is 5.35. The average Bonchev–Trinajstić information content (AvgIpc) is 3.06. The van der Waals surface area contributed by atoms with Gasteiger partial charge in [-0.3, -0.25) is 0 Å². The Morgan fingerprint density at radius 2 is 2.22 bits per heavy atom. The van der Waals surface area contributed by atoms with Crippen LogP contribution in [-0.2, 0) is 19.3 Å². The van der Waals surface area contributed by atoms with Gasteiger partial charge in [-0.2, -0.15) is 15.4 Å². The van der Waals surface area contributed by atoms with E-state index in [0.717, 1.165) is 12.1 Å². The average molecular weight is 242 g/mol. The van der Waals surface area contributed by atoms with Gasteiger partial charge in [0.1, 0.15) is 0 Å². The molecular weight excluding hydrogens is 224 g/mol. The maximum Gasteiger partial charge on any atom is 0.0997 e. The van der Waals surface area contributed by atoms with Crippen molar-refractivity contribution in [3.63, 3.8) is 0 Å². The van der Waals surface area contributed by atoms with Gasteiger partial charge >= 0.3 is 0 Å². The van der Waals surface area contributed by atoms with Crippen LogP contribution in [0.4, 0.5) is 0 Å². The van der Waals surface area contributed by atoms with Gasteiger partial charge in [0.15, 0.2) is 0 Å². The quantitative estimate of drug-likeness (QED) is 0.859. The lowest BCUT2D eigenvalue weighted by Crippen LogP contribution is -2.19. The zero-order valence-electron chi connectivity index (χ0n) is 10.6. The molecule has 1 aromatic carbocycles. The van der Waals surface area contributed by atoms with Gasteiger partial charge in [-0.25, -0.2) is 0 Å². The highest BCUT2D eigenvalue weighted by Crippen LogP contribution is 2.24. The first-order valence-corrected chi connectivity index (χ1v) is 6.50. The van der Waals surface area contributed by atoms with E-state index in [1.807, 2.05) is 7.05 Å². The first-order valence-electron chi connectivity index (χ1n) is 6.50. The molecule has 1 aliphatic rings. The molecule has 1 aliphatic carbocycles. The molecule has 0 bridgehead atoms. The van der Waals surface area contributed by atoms with Gasteiger partial charge in [0.2, 0.25) is 0 Å². The summed E-state index contributed by atoms with van der Waals surface area (Å²) in [6, 6.07) is 7.11. The Morgan fingerprint density at radius 1 is 1.33 bits per heavy atom. The fourth-order valence-corrected chi connectivity index (χ4v) is 2.72. The molecule has 0 spiro atoms. The van der Waals surface area contributed by atoms with Crippen LogP contribution in [0, 0.1) is 0 Å². The van der Waals surface area contributed by atoms with E-state index in [1.54, 1.807) is 6.20 Å². The van der Waals surface area contributed by atoms with Crippen molar-refractivity contribution in [1.82, 2.24) is 20.7 Å². The van der Waals surface area contributed by atoms with Crippen LogP contribution in [0.3, 0.4) is 0 Å². The molecule has 0 aliphatic heterocycles. The SMILES string of the molecule is CNC(Cc1ccc2c(c1)CCC2)c1cn[nH]n1. The zero-order chi connectivity index (χ0) is 12.4. The van der Waals surface area contributed by atoms with Crippen molar-refractivity contribution in [2.75, 3.05) is 7.05 Å². The van der Waals surface area contributed by atoms with Crippen LogP contribution in [0.5, 0.6) is 0 Å². The maximum atomic E-state index is 4.16. The molecule has 94 valence electrons. The number of nitrogens with zero attached hydrogens (tertiary/aromatic N) is 2. The Balaban J connectivity index is 1.79. The first kappa shape index (κ1) is 11.4. The smallest absolute Gasteiger partial charge is 0.0997 e. The molecule has 1 unspecified atom stereocenters. The number of hydrogen-bond donors (Lipinski definition) is 2. The van der Waals surface area contributed by atoms with E-state index in [4.69, 9.17) is 0 Å². The minimum Gasteiger partial charge on any atom is -0.311 e. The number of likely N-dealkylation sites (N-methyl/N-ethyl adjacent to an activating group) is 1. The zero-order valence-corrected chi connectivity index (χ0v) is 10.6. The van der Waals surface area contributed by atoms with E-state index in [0.29, 0.717) is 0 Å². The molecule has 4 nitrogen and oxygen atoms in total. The largest absolute Gasteiger partial charge is 0.311 e. The number of aromatic amines is 1. The van der Waals surface area contributed by atoms with Gasteiger partial charge in [-0.15, -0.1) is 0 Å². The van der Waals surface area contributed by atoms with E-state index < -0.39 is 0 Å². The van der Waals surface area contributed by atoms with Crippen molar-refractivity contribution >= 4 is 0 Å². The van der Waals surface area contributed by atoms with E-state index in [-0.39, 0.29) is 6.04 Å². The van der Waals surface area contributed by atoms with Crippen LogP contribution in [-0.4, -0.2) is 22.5 Å². The van der Waals surface area contributed by atoms with Gasteiger partial charge in [-0.05, 0) is 49.4 Å². The Labute approximate surface area is 107 Å². The highest BCUT2D eigenvalue weighted by atomic mass is 15.3. The van der Waals surface area contributed by atoms with Crippen molar-refractivity contribution in [1.29, 1.82) is 0 Å². The highest BCUT2D eigenvalue weighted by Gasteiger charge is 2.15. The van der Waals surface area contributed by atoms with Crippen molar-refractivity contribution in [3.8, 4) is 0 Å². The number of benzene rings is 1. The number of nitrogens with one attached hydrogen (secondary N) is 2. The predicted molar refractivity (Wildman–Crippen MR) is 70.4 cm³/mol. The lowest BCUT2D eigenvalue weighted by molar-refractivity contribution is 0.574. The third-order valence-electron chi connectivity index (χ3n) is 3.74. The summed E-state index contributed by atoms with van der Waals surface area (Å²) in [5.74, 6) is 0. The lowest BCUT2D eigenvalue weighted by Gasteiger charge is -2.14. The fraction of sp³-hybridized carbons (Fsp3) is 0.429. The van der Waals surface area contributed by atoms with Gasteiger partial charge < -0.3 is 5.32 Å². The molecule has 1 atom stereocenters. The molecule has 3 rings (SSSR count). The molecule has 18 heavy (non-hydrogen) atoms. The second kappa shape index (κ2) is 4.90. The number of aromatic nitrogens is 3. The second-order valence-electron chi connectivity index (χ2n) is 4.90. The summed E-state index contributed by atoms with van der Waals surface area (Å²) in [6.07, 6.45) is 6.52. The van der Waals surface area contributed by atoms with E-state index >= 15 is 0 Å². The summed E-state index contributed by atoms with van der Waals surface area (Å²) in [5.41, 5.74) is 5.40. The molecule has 0 saturated heterocycles. The third kappa shape index (κ3) is 2.16. The molecule has 1 heterocycles. The molecular formula is C14H18N4. The Kier molecular flexibility index (Phi) is 3.11. The van der Waals surface area contributed by atoms with Crippen LogP contribution in [0.15, 0.2) is 24.4 Å². The normalized spacial score (nSPS) is 15.6. The molecule has 0 fully saturated rings. The van der Waals surface area contributed by atoms with Crippen LogP contribution in [0.2, 0.25) is 0 Å². The van der Waals surface area contributed by atoms with Gasteiger partial charge in [-0.1, -0.05) is 18.2 Å². The van der Waals surface area contributed by atoms with Crippen molar-refractivity contribution < 1.29 is 0 Å². The van der Waals surface area contributed by atoms with E-state index in [9.17, 15) is 0 Å². The van der Waals surface area contributed by atoms with Crippen LogP contribution in [0.1, 0.15) is 34.8 Å².